The Balaban J connectivity index is 1.76. The lowest BCUT2D eigenvalue weighted by molar-refractivity contribution is -0.119. The number of carbonyl (C=O) groups excluding carboxylic acids is 2. The molecule has 0 saturated carbocycles. The molecule has 0 unspecified atom stereocenters. The molecule has 6 heteroatoms. The predicted molar refractivity (Wildman–Crippen MR) is 81.1 cm³/mol. The molecule has 1 aliphatic heterocycles. The molecule has 0 bridgehead atoms. The summed E-state index contributed by atoms with van der Waals surface area (Å²) in [5.41, 5.74) is 1.63. The quantitative estimate of drug-likeness (QED) is 0.811. The van der Waals surface area contributed by atoms with Crippen LogP contribution in [0.1, 0.15) is 10.4 Å². The summed E-state index contributed by atoms with van der Waals surface area (Å²) < 4.78 is 0. The molecule has 0 spiro atoms. The molecule has 1 aromatic carbocycles. The van der Waals surface area contributed by atoms with Gasteiger partial charge in [-0.25, -0.2) is 4.98 Å². The van der Waals surface area contributed by atoms with Crippen molar-refractivity contribution >= 4 is 23.7 Å². The fourth-order valence-corrected chi connectivity index (χ4v) is 3.00. The number of nitrogens with zero attached hydrogens (tertiary/aromatic N) is 3. The molecule has 2 heterocycles. The van der Waals surface area contributed by atoms with E-state index < -0.39 is 0 Å². The van der Waals surface area contributed by atoms with Crippen LogP contribution in [-0.2, 0) is 4.79 Å². The minimum Gasteiger partial charge on any atom is -0.342 e. The third-order valence-corrected chi connectivity index (χ3v) is 4.36. The van der Waals surface area contributed by atoms with Crippen LogP contribution in [0.15, 0.2) is 35.8 Å². The molecular weight excluding hydrogens is 286 g/mol. The number of aromatic nitrogens is 1. The molecule has 1 aliphatic rings. The molecule has 0 aliphatic carbocycles. The van der Waals surface area contributed by atoms with Gasteiger partial charge < -0.3 is 9.80 Å². The maximum absolute atomic E-state index is 12.5. The van der Waals surface area contributed by atoms with Crippen molar-refractivity contribution < 1.29 is 9.59 Å². The van der Waals surface area contributed by atoms with E-state index in [4.69, 9.17) is 0 Å². The van der Waals surface area contributed by atoms with Crippen molar-refractivity contribution in [2.24, 2.45) is 0 Å². The fraction of sp³-hybridized carbons (Fsp3) is 0.267. The monoisotopic (exact) mass is 301 g/mol. The lowest BCUT2D eigenvalue weighted by Crippen LogP contribution is -2.48. The summed E-state index contributed by atoms with van der Waals surface area (Å²) in [5, 5.41) is 2.83. The van der Waals surface area contributed by atoms with E-state index in [1.807, 2.05) is 29.6 Å². The zero-order chi connectivity index (χ0) is 14.7. The zero-order valence-corrected chi connectivity index (χ0v) is 12.3. The molecule has 2 amide bonds. The highest BCUT2D eigenvalue weighted by atomic mass is 32.1. The summed E-state index contributed by atoms with van der Waals surface area (Å²) in [5.74, 6) is 0.0129. The summed E-state index contributed by atoms with van der Waals surface area (Å²) in [6, 6.07) is 7.55. The fourth-order valence-electron chi connectivity index (χ4n) is 2.36. The van der Waals surface area contributed by atoms with Crippen LogP contribution in [-0.4, -0.2) is 53.3 Å². The first-order valence-electron chi connectivity index (χ1n) is 6.76. The molecular formula is C15H15N3O2S. The molecule has 0 atom stereocenters. The summed E-state index contributed by atoms with van der Waals surface area (Å²) >= 11 is 1.55. The minimum atomic E-state index is 0.0129. The van der Waals surface area contributed by atoms with Crippen LogP contribution in [0.5, 0.6) is 0 Å². The van der Waals surface area contributed by atoms with Gasteiger partial charge in [-0.3, -0.25) is 9.59 Å². The van der Waals surface area contributed by atoms with Crippen LogP contribution in [0.2, 0.25) is 0 Å². The number of piperazine rings is 1. The number of hydrogen-bond donors (Lipinski definition) is 0. The maximum Gasteiger partial charge on any atom is 0.253 e. The van der Waals surface area contributed by atoms with Gasteiger partial charge in [0.1, 0.15) is 5.01 Å². The summed E-state index contributed by atoms with van der Waals surface area (Å²) in [7, 11) is 0. The molecule has 3 rings (SSSR count). The number of rotatable bonds is 3. The average molecular weight is 301 g/mol. The second-order valence-corrected chi connectivity index (χ2v) is 5.75. The van der Waals surface area contributed by atoms with Crippen molar-refractivity contribution in [2.75, 3.05) is 26.2 Å². The topological polar surface area (TPSA) is 53.5 Å². The van der Waals surface area contributed by atoms with Gasteiger partial charge in [0.2, 0.25) is 6.41 Å². The van der Waals surface area contributed by atoms with Crippen LogP contribution in [0.3, 0.4) is 0 Å². The van der Waals surface area contributed by atoms with E-state index in [1.165, 1.54) is 0 Å². The molecule has 5 nitrogen and oxygen atoms in total. The number of thiazole rings is 1. The molecule has 0 radical (unpaired) electrons. The van der Waals surface area contributed by atoms with Gasteiger partial charge in [-0.1, -0.05) is 12.1 Å². The van der Waals surface area contributed by atoms with Crippen LogP contribution in [0, 0.1) is 0 Å². The molecule has 108 valence electrons. The second kappa shape index (κ2) is 6.05. The first kappa shape index (κ1) is 13.8. The van der Waals surface area contributed by atoms with Gasteiger partial charge in [-0.05, 0) is 12.1 Å². The Kier molecular flexibility index (Phi) is 3.96. The Morgan fingerprint density at radius 3 is 2.71 bits per heavy atom. The van der Waals surface area contributed by atoms with Crippen LogP contribution >= 0.6 is 11.3 Å². The van der Waals surface area contributed by atoms with E-state index in [9.17, 15) is 9.59 Å². The van der Waals surface area contributed by atoms with E-state index in [0.717, 1.165) is 17.0 Å². The van der Waals surface area contributed by atoms with Gasteiger partial charge >= 0.3 is 0 Å². The second-order valence-electron chi connectivity index (χ2n) is 4.85. The van der Waals surface area contributed by atoms with Crippen molar-refractivity contribution in [1.29, 1.82) is 0 Å². The summed E-state index contributed by atoms with van der Waals surface area (Å²) in [6.45, 7) is 2.36. The highest BCUT2D eigenvalue weighted by Gasteiger charge is 2.21. The predicted octanol–water partition coefficient (Wildman–Crippen LogP) is 1.72. The van der Waals surface area contributed by atoms with Crippen molar-refractivity contribution in [2.45, 2.75) is 0 Å². The van der Waals surface area contributed by atoms with E-state index in [-0.39, 0.29) is 5.91 Å². The Morgan fingerprint density at radius 1 is 1.24 bits per heavy atom. The normalized spacial score (nSPS) is 15.0. The largest absolute Gasteiger partial charge is 0.342 e. The molecule has 21 heavy (non-hydrogen) atoms. The molecule has 1 aromatic heterocycles. The molecule has 1 saturated heterocycles. The molecule has 0 N–H and O–H groups in total. The van der Waals surface area contributed by atoms with E-state index in [1.54, 1.807) is 27.3 Å². The molecule has 2 aromatic rings. The standard InChI is InChI=1S/C15H15N3O2S/c19-11-17-5-7-18(8-6-17)15(20)13-3-1-2-12(10-13)14-16-4-9-21-14/h1-4,9-11H,5-8H2. The number of amides is 2. The van der Waals surface area contributed by atoms with Crippen LogP contribution in [0.25, 0.3) is 10.6 Å². The SMILES string of the molecule is O=CN1CCN(C(=O)c2cccc(-c3nccs3)c2)CC1. The van der Waals surface area contributed by atoms with E-state index in [2.05, 4.69) is 4.98 Å². The van der Waals surface area contributed by atoms with Crippen molar-refractivity contribution in [3.05, 3.63) is 41.4 Å². The van der Waals surface area contributed by atoms with E-state index in [0.29, 0.717) is 31.7 Å². The maximum atomic E-state index is 12.5. The third kappa shape index (κ3) is 2.95. The lowest BCUT2D eigenvalue weighted by Gasteiger charge is -2.32. The summed E-state index contributed by atoms with van der Waals surface area (Å²) in [6.07, 6.45) is 2.60. The van der Waals surface area contributed by atoms with Gasteiger partial charge in [-0.2, -0.15) is 0 Å². The van der Waals surface area contributed by atoms with Gasteiger partial charge in [0.15, 0.2) is 0 Å². The summed E-state index contributed by atoms with van der Waals surface area (Å²) in [4.78, 5) is 31.0. The molecule has 1 fully saturated rings. The highest BCUT2D eigenvalue weighted by molar-refractivity contribution is 7.13. The Morgan fingerprint density at radius 2 is 2.05 bits per heavy atom. The Bertz CT molecular complexity index is 634. The smallest absolute Gasteiger partial charge is 0.253 e. The first-order valence-corrected chi connectivity index (χ1v) is 7.64. The van der Waals surface area contributed by atoms with Crippen molar-refractivity contribution in [3.63, 3.8) is 0 Å². The first-order chi connectivity index (χ1) is 10.3. The Labute approximate surface area is 126 Å². The number of benzene rings is 1. The van der Waals surface area contributed by atoms with Crippen molar-refractivity contribution in [3.8, 4) is 10.6 Å². The van der Waals surface area contributed by atoms with Gasteiger partial charge in [0.05, 0.1) is 0 Å². The Hall–Kier alpha value is -2.21. The van der Waals surface area contributed by atoms with Gasteiger partial charge in [0.25, 0.3) is 5.91 Å². The van der Waals surface area contributed by atoms with Gasteiger partial charge in [0, 0.05) is 48.9 Å². The van der Waals surface area contributed by atoms with Crippen molar-refractivity contribution in [1.82, 2.24) is 14.8 Å². The van der Waals surface area contributed by atoms with Crippen LogP contribution < -0.4 is 0 Å². The highest BCUT2D eigenvalue weighted by Crippen LogP contribution is 2.23. The van der Waals surface area contributed by atoms with E-state index >= 15 is 0 Å². The van der Waals surface area contributed by atoms with Gasteiger partial charge in [-0.15, -0.1) is 11.3 Å². The zero-order valence-electron chi connectivity index (χ0n) is 11.4. The minimum absolute atomic E-state index is 0.0129. The third-order valence-electron chi connectivity index (χ3n) is 3.54. The average Bonchev–Trinajstić information content (AvgIpc) is 3.09. The lowest BCUT2D eigenvalue weighted by atomic mass is 10.1. The number of carbonyl (C=O) groups is 2. The van der Waals surface area contributed by atoms with Crippen LogP contribution in [0.4, 0.5) is 0 Å². The number of hydrogen-bond acceptors (Lipinski definition) is 4.